The van der Waals surface area contributed by atoms with Crippen LogP contribution >= 0.6 is 0 Å². The van der Waals surface area contributed by atoms with Crippen molar-refractivity contribution in [3.05, 3.63) is 107 Å². The summed E-state index contributed by atoms with van der Waals surface area (Å²) in [6.45, 7) is 5.73. The highest BCUT2D eigenvalue weighted by Crippen LogP contribution is 2.22. The second kappa shape index (κ2) is 16.1. The molecule has 0 spiro atoms. The van der Waals surface area contributed by atoms with Gasteiger partial charge in [-0.3, -0.25) is 9.10 Å². The molecule has 0 aromatic heterocycles. The summed E-state index contributed by atoms with van der Waals surface area (Å²) in [4.78, 5) is 18.8. The molecule has 13 heteroatoms. The number of hydrogen-bond acceptors (Lipinski definition) is 8. The van der Waals surface area contributed by atoms with Gasteiger partial charge in [-0.05, 0) is 66.9 Å². The number of nitrogens with one attached hydrogen (secondary N) is 2. The van der Waals surface area contributed by atoms with Gasteiger partial charge >= 0.3 is 0 Å². The second-order valence-corrected chi connectivity index (χ2v) is 12.4. The van der Waals surface area contributed by atoms with Crippen molar-refractivity contribution in [1.29, 1.82) is 0 Å². The third kappa shape index (κ3) is 10.7. The lowest BCUT2D eigenvalue weighted by molar-refractivity contribution is 0.0830. The van der Waals surface area contributed by atoms with E-state index in [1.165, 1.54) is 31.3 Å². The molecule has 0 aliphatic rings. The number of anilines is 1. The van der Waals surface area contributed by atoms with Crippen molar-refractivity contribution in [2.75, 3.05) is 37.9 Å². The van der Waals surface area contributed by atoms with Gasteiger partial charge in [0, 0.05) is 37.3 Å². The Morgan fingerprint density at radius 2 is 1.78 bits per heavy atom. The Labute approximate surface area is 262 Å². The predicted octanol–water partition coefficient (Wildman–Crippen LogP) is 3.79. The maximum absolute atomic E-state index is 14.0. The van der Waals surface area contributed by atoms with Gasteiger partial charge in [0.15, 0.2) is 0 Å². The number of carbonyl (C=O) groups is 1. The van der Waals surface area contributed by atoms with Crippen LogP contribution in [0.1, 0.15) is 34.0 Å². The number of aliphatic hydroxyl groups excluding tert-OH is 1. The fraction of sp³-hybridized carbons (Fsp3) is 0.312. The Hall–Kier alpha value is -4.33. The predicted molar refractivity (Wildman–Crippen MR) is 170 cm³/mol. The van der Waals surface area contributed by atoms with Gasteiger partial charge in [0.25, 0.3) is 5.91 Å². The van der Waals surface area contributed by atoms with E-state index in [-0.39, 0.29) is 36.4 Å². The van der Waals surface area contributed by atoms with Gasteiger partial charge in [-0.2, -0.15) is 0 Å². The smallest absolute Gasteiger partial charge is 0.251 e. The Morgan fingerprint density at radius 1 is 1.09 bits per heavy atom. The van der Waals surface area contributed by atoms with E-state index in [2.05, 4.69) is 22.4 Å². The topological polar surface area (TPSA) is 130 Å². The van der Waals surface area contributed by atoms with Crippen molar-refractivity contribution < 1.29 is 36.7 Å². The Bertz CT molecular complexity index is 1610. The van der Waals surface area contributed by atoms with E-state index < -0.39 is 39.7 Å². The molecular weight excluding hydrogens is 606 g/mol. The Kier molecular flexibility index (Phi) is 12.6. The number of rotatable bonds is 16. The van der Waals surface area contributed by atoms with Crippen LogP contribution in [-0.4, -0.2) is 70.9 Å². The second-order valence-electron chi connectivity index (χ2n) is 10.4. The summed E-state index contributed by atoms with van der Waals surface area (Å²) in [5.74, 6) is -1.58. The number of ether oxygens (including phenoxy) is 1. The van der Waals surface area contributed by atoms with Crippen molar-refractivity contribution >= 4 is 27.3 Å². The molecule has 0 bridgehead atoms. The molecule has 0 aliphatic carbocycles. The van der Waals surface area contributed by atoms with E-state index in [0.717, 1.165) is 34.3 Å². The van der Waals surface area contributed by atoms with E-state index in [9.17, 15) is 27.1 Å². The van der Waals surface area contributed by atoms with Gasteiger partial charge < -0.3 is 25.3 Å². The molecule has 3 aromatic rings. The van der Waals surface area contributed by atoms with Crippen LogP contribution in [0.25, 0.3) is 0 Å². The lowest BCUT2D eigenvalue weighted by atomic mass is 9.99. The first kappa shape index (κ1) is 35.2. The summed E-state index contributed by atoms with van der Waals surface area (Å²) < 4.78 is 58.9. The van der Waals surface area contributed by atoms with Crippen LogP contribution in [0.4, 0.5) is 14.5 Å². The molecule has 0 radical (unpaired) electrons. The molecule has 0 saturated carbocycles. The molecule has 3 aromatic carbocycles. The lowest BCUT2D eigenvalue weighted by Gasteiger charge is -2.26. The number of sulfonamides is 1. The number of hydrogen-bond donors (Lipinski definition) is 3. The van der Waals surface area contributed by atoms with E-state index in [1.807, 2.05) is 18.2 Å². The van der Waals surface area contributed by atoms with Crippen LogP contribution in [0.3, 0.4) is 0 Å². The standard InChI is InChI=1S/C32H38F2N4O6S/c1-6-10-44-37-21(2)24-15-25(17-28(16-24)38(3)45(5,41)42)32(40)36-30(14-23-11-26(33)18-27(34)12-23)31(39)20-35-19-22-8-7-9-29(13-22)43-4/h6-9,11-13,15-18,30-31,35,39H,1,10,14,19-20H2,2-5H3,(H,36,40)/b37-21-/t30-,31+/m0/s1. The van der Waals surface area contributed by atoms with Gasteiger partial charge in [-0.1, -0.05) is 29.9 Å². The lowest BCUT2D eigenvalue weighted by Crippen LogP contribution is -2.48. The van der Waals surface area contributed by atoms with Crippen LogP contribution in [0.2, 0.25) is 0 Å². The van der Waals surface area contributed by atoms with Crippen LogP contribution in [0.15, 0.2) is 78.5 Å². The molecule has 2 atom stereocenters. The van der Waals surface area contributed by atoms with E-state index in [4.69, 9.17) is 9.57 Å². The zero-order chi connectivity index (χ0) is 33.1. The van der Waals surface area contributed by atoms with E-state index >= 15 is 0 Å². The summed E-state index contributed by atoms with van der Waals surface area (Å²) in [5.41, 5.74) is 2.12. The summed E-state index contributed by atoms with van der Waals surface area (Å²) in [5, 5.41) is 21.1. The van der Waals surface area contributed by atoms with Crippen molar-refractivity contribution in [1.82, 2.24) is 10.6 Å². The van der Waals surface area contributed by atoms with Gasteiger partial charge in [0.05, 0.1) is 36.9 Å². The molecular formula is C32H38F2N4O6S. The Balaban J connectivity index is 1.91. The quantitative estimate of drug-likeness (QED) is 0.0937. The van der Waals surface area contributed by atoms with Crippen molar-refractivity contribution in [3.63, 3.8) is 0 Å². The van der Waals surface area contributed by atoms with Crippen LogP contribution in [0.5, 0.6) is 5.75 Å². The fourth-order valence-electron chi connectivity index (χ4n) is 4.37. The zero-order valence-electron chi connectivity index (χ0n) is 25.6. The van der Waals surface area contributed by atoms with Crippen LogP contribution < -0.4 is 19.7 Å². The number of halogens is 2. The SMILES string of the molecule is C=CCO/N=C(/C)c1cc(C(=O)N[C@@H](Cc2cc(F)cc(F)c2)[C@H](O)CNCc2cccc(OC)c2)cc(N(C)S(C)(=O)=O)c1. The first-order valence-corrected chi connectivity index (χ1v) is 15.8. The third-order valence-corrected chi connectivity index (χ3v) is 8.03. The molecule has 0 aliphatic heterocycles. The van der Waals surface area contributed by atoms with Gasteiger partial charge in [0.2, 0.25) is 10.0 Å². The van der Waals surface area contributed by atoms with Gasteiger partial charge in [0.1, 0.15) is 24.0 Å². The summed E-state index contributed by atoms with van der Waals surface area (Å²) in [6.07, 6.45) is 1.23. The molecule has 0 heterocycles. The number of nitrogens with zero attached hydrogens (tertiary/aromatic N) is 2. The van der Waals surface area contributed by atoms with Crippen molar-refractivity contribution in [2.45, 2.75) is 32.0 Å². The number of benzene rings is 3. The largest absolute Gasteiger partial charge is 0.497 e. The minimum atomic E-state index is -3.69. The molecule has 1 amide bonds. The number of oxime groups is 1. The molecule has 45 heavy (non-hydrogen) atoms. The minimum Gasteiger partial charge on any atom is -0.497 e. The van der Waals surface area contributed by atoms with Crippen LogP contribution in [-0.2, 0) is 27.8 Å². The highest BCUT2D eigenvalue weighted by atomic mass is 32.2. The maximum Gasteiger partial charge on any atom is 0.251 e. The molecule has 242 valence electrons. The number of aliphatic hydroxyl groups is 1. The van der Waals surface area contributed by atoms with E-state index in [1.54, 1.807) is 20.1 Å². The average Bonchev–Trinajstić information content (AvgIpc) is 2.99. The third-order valence-electron chi connectivity index (χ3n) is 6.83. The van der Waals surface area contributed by atoms with E-state index in [0.29, 0.717) is 23.6 Å². The molecule has 3 N–H and O–H groups in total. The molecule has 3 rings (SSSR count). The highest BCUT2D eigenvalue weighted by molar-refractivity contribution is 7.92. The van der Waals surface area contributed by atoms with Gasteiger partial charge in [-0.15, -0.1) is 0 Å². The number of carbonyl (C=O) groups excluding carboxylic acids is 1. The van der Waals surface area contributed by atoms with Crippen molar-refractivity contribution in [2.24, 2.45) is 5.16 Å². The van der Waals surface area contributed by atoms with Crippen molar-refractivity contribution in [3.8, 4) is 5.75 Å². The molecule has 0 saturated heterocycles. The normalized spacial score (nSPS) is 13.1. The summed E-state index contributed by atoms with van der Waals surface area (Å²) >= 11 is 0. The zero-order valence-corrected chi connectivity index (χ0v) is 26.4. The molecule has 0 fully saturated rings. The minimum absolute atomic E-state index is 0.0223. The fourth-order valence-corrected chi connectivity index (χ4v) is 4.86. The number of methoxy groups -OCH3 is 1. The first-order valence-electron chi connectivity index (χ1n) is 13.9. The maximum atomic E-state index is 14.0. The summed E-state index contributed by atoms with van der Waals surface area (Å²) in [6, 6.07) is 13.7. The number of amides is 1. The average molecular weight is 645 g/mol. The van der Waals surface area contributed by atoms with Crippen LogP contribution in [0, 0.1) is 11.6 Å². The first-order chi connectivity index (χ1) is 21.3. The molecule has 10 nitrogen and oxygen atoms in total. The Morgan fingerprint density at radius 3 is 2.42 bits per heavy atom. The summed E-state index contributed by atoms with van der Waals surface area (Å²) in [7, 11) is -0.795. The van der Waals surface area contributed by atoms with Gasteiger partial charge in [-0.25, -0.2) is 17.2 Å². The highest BCUT2D eigenvalue weighted by Gasteiger charge is 2.24. The molecule has 0 unspecified atom stereocenters. The monoisotopic (exact) mass is 644 g/mol.